The molecule has 4 saturated carbocycles. The van der Waals surface area contributed by atoms with Crippen molar-refractivity contribution in [3.05, 3.63) is 0 Å². The molecule has 16 heavy (non-hydrogen) atoms. The molecule has 4 aliphatic rings. The molecule has 0 saturated heterocycles. The third-order valence-corrected chi connectivity index (χ3v) is 4.61. The Hall–Kier alpha value is -0.120. The van der Waals surface area contributed by atoms with Crippen LogP contribution in [0.4, 0.5) is 0 Å². The minimum atomic E-state index is 0. The molecule has 0 aromatic heterocycles. The predicted molar refractivity (Wildman–Crippen MR) is 65.7 cm³/mol. The van der Waals surface area contributed by atoms with E-state index in [-0.39, 0.29) is 5.48 Å². The van der Waals surface area contributed by atoms with Gasteiger partial charge in [0.2, 0.25) is 0 Å². The molecule has 0 spiro atoms. The molecule has 0 aliphatic heterocycles. The highest BCUT2D eigenvalue weighted by Crippen LogP contribution is 2.55. The molecular formula is C13H27N2O+. The van der Waals surface area contributed by atoms with E-state index in [4.69, 9.17) is 0 Å². The second kappa shape index (κ2) is 3.69. The highest BCUT2D eigenvalue weighted by molar-refractivity contribution is 5.05. The van der Waals surface area contributed by atoms with Gasteiger partial charge in [-0.2, -0.15) is 5.43 Å². The lowest BCUT2D eigenvalue weighted by molar-refractivity contribution is -0.923. The summed E-state index contributed by atoms with van der Waals surface area (Å²) < 4.78 is 0.923. The van der Waals surface area contributed by atoms with E-state index < -0.39 is 0 Å². The second-order valence-corrected chi connectivity index (χ2v) is 7.32. The maximum atomic E-state index is 3.90. The van der Waals surface area contributed by atoms with Crippen LogP contribution >= 0.6 is 0 Å². The normalized spacial score (nSPS) is 45.6. The Morgan fingerprint density at radius 2 is 1.25 bits per heavy atom. The number of quaternary nitrogens is 1. The van der Waals surface area contributed by atoms with Crippen LogP contribution in [-0.2, 0) is 0 Å². The maximum Gasteiger partial charge on any atom is 0.0853 e. The van der Waals surface area contributed by atoms with E-state index >= 15 is 0 Å². The van der Waals surface area contributed by atoms with Gasteiger partial charge in [0.05, 0.1) is 26.7 Å². The van der Waals surface area contributed by atoms with Gasteiger partial charge in [-0.05, 0) is 56.3 Å². The highest BCUT2D eigenvalue weighted by atomic mass is 16.0. The van der Waals surface area contributed by atoms with E-state index in [1.165, 1.54) is 38.5 Å². The van der Waals surface area contributed by atoms with Gasteiger partial charge in [0.1, 0.15) is 0 Å². The van der Waals surface area contributed by atoms with E-state index in [0.717, 1.165) is 22.3 Å². The summed E-state index contributed by atoms with van der Waals surface area (Å²) in [5.74, 6) is 3.15. The Morgan fingerprint density at radius 3 is 1.56 bits per heavy atom. The summed E-state index contributed by atoms with van der Waals surface area (Å²) in [7, 11) is 6.79. The van der Waals surface area contributed by atoms with Gasteiger partial charge in [-0.3, -0.25) is 4.59 Å². The third kappa shape index (κ3) is 2.13. The van der Waals surface area contributed by atoms with Crippen molar-refractivity contribution in [2.45, 2.75) is 44.1 Å². The summed E-state index contributed by atoms with van der Waals surface area (Å²) in [5.41, 5.74) is 4.41. The number of nitrogens with zero attached hydrogens (tertiary/aromatic N) is 1. The fourth-order valence-electron chi connectivity index (χ4n) is 4.96. The average Bonchev–Trinajstić information content (AvgIpc) is 1.94. The van der Waals surface area contributed by atoms with Crippen LogP contribution in [0, 0.1) is 17.8 Å². The standard InChI is InChI=1S/C13H25N2.H2O/c1-15(2,3)14-13-7-10-4-11(8-13)6-12(5-10)9-13;/h10-12,14H,4-9H2,1-3H3;1H2/q+1;. The molecule has 4 rings (SSSR count). The van der Waals surface area contributed by atoms with Gasteiger partial charge in [0, 0.05) is 0 Å². The van der Waals surface area contributed by atoms with Crippen molar-refractivity contribution in [3.8, 4) is 0 Å². The first-order chi connectivity index (χ1) is 6.94. The van der Waals surface area contributed by atoms with Crippen molar-refractivity contribution in [3.63, 3.8) is 0 Å². The fraction of sp³-hybridized carbons (Fsp3) is 1.00. The maximum absolute atomic E-state index is 3.90. The van der Waals surface area contributed by atoms with Gasteiger partial charge in [-0.1, -0.05) is 0 Å². The van der Waals surface area contributed by atoms with Crippen LogP contribution in [0.5, 0.6) is 0 Å². The first-order valence-electron chi connectivity index (χ1n) is 6.55. The van der Waals surface area contributed by atoms with Gasteiger partial charge in [0.15, 0.2) is 0 Å². The highest BCUT2D eigenvalue weighted by Gasteiger charge is 2.52. The molecule has 0 radical (unpaired) electrons. The van der Waals surface area contributed by atoms with Crippen LogP contribution in [0.25, 0.3) is 0 Å². The summed E-state index contributed by atoms with van der Waals surface area (Å²) in [6, 6.07) is 0. The monoisotopic (exact) mass is 227 g/mol. The molecule has 4 bridgehead atoms. The molecule has 0 aromatic carbocycles. The van der Waals surface area contributed by atoms with Crippen LogP contribution in [0.2, 0.25) is 0 Å². The number of hydrogen-bond donors (Lipinski definition) is 1. The number of hydrogen-bond acceptors (Lipinski definition) is 1. The predicted octanol–water partition coefficient (Wildman–Crippen LogP) is 1.34. The van der Waals surface area contributed by atoms with Crippen LogP contribution in [-0.4, -0.2) is 36.8 Å². The fourth-order valence-corrected chi connectivity index (χ4v) is 4.96. The molecule has 0 unspecified atom stereocenters. The Morgan fingerprint density at radius 1 is 0.875 bits per heavy atom. The number of nitrogens with one attached hydrogen (secondary N) is 1. The summed E-state index contributed by atoms with van der Waals surface area (Å²) in [6.07, 6.45) is 8.98. The van der Waals surface area contributed by atoms with Crippen LogP contribution in [0.15, 0.2) is 0 Å². The van der Waals surface area contributed by atoms with Crippen molar-refractivity contribution >= 4 is 0 Å². The van der Waals surface area contributed by atoms with Crippen molar-refractivity contribution in [2.24, 2.45) is 17.8 Å². The molecule has 3 heteroatoms. The molecule has 0 atom stereocenters. The zero-order valence-electron chi connectivity index (χ0n) is 10.9. The average molecular weight is 227 g/mol. The van der Waals surface area contributed by atoms with E-state index in [2.05, 4.69) is 26.6 Å². The Kier molecular flexibility index (Phi) is 2.84. The van der Waals surface area contributed by atoms with Crippen LogP contribution < -0.4 is 5.43 Å². The summed E-state index contributed by atoms with van der Waals surface area (Å²) in [4.78, 5) is 0. The minimum absolute atomic E-state index is 0. The Labute approximate surface area is 99.1 Å². The van der Waals surface area contributed by atoms with Gasteiger partial charge in [-0.15, -0.1) is 0 Å². The lowest BCUT2D eigenvalue weighted by Crippen LogP contribution is -2.66. The molecule has 3 nitrogen and oxygen atoms in total. The zero-order valence-corrected chi connectivity index (χ0v) is 10.9. The molecule has 4 fully saturated rings. The van der Waals surface area contributed by atoms with E-state index in [1.54, 1.807) is 0 Å². The van der Waals surface area contributed by atoms with Crippen molar-refractivity contribution in [1.82, 2.24) is 5.43 Å². The van der Waals surface area contributed by atoms with Crippen LogP contribution in [0.1, 0.15) is 38.5 Å². The van der Waals surface area contributed by atoms with E-state index in [9.17, 15) is 0 Å². The molecule has 3 N–H and O–H groups in total. The molecule has 0 amide bonds. The first kappa shape index (κ1) is 12.3. The molecule has 0 aromatic rings. The quantitative estimate of drug-likeness (QED) is 0.561. The van der Waals surface area contributed by atoms with Crippen molar-refractivity contribution in [1.29, 1.82) is 0 Å². The summed E-state index contributed by atoms with van der Waals surface area (Å²) in [5, 5.41) is 0. The van der Waals surface area contributed by atoms with Gasteiger partial charge in [-0.25, -0.2) is 0 Å². The van der Waals surface area contributed by atoms with Gasteiger partial charge >= 0.3 is 0 Å². The van der Waals surface area contributed by atoms with E-state index in [1.807, 2.05) is 0 Å². The van der Waals surface area contributed by atoms with Crippen LogP contribution in [0.3, 0.4) is 0 Å². The SMILES string of the molecule is C[N+](C)(C)NC12CC3CC(CC(C3)C1)C2.O. The Balaban J connectivity index is 0.000000963. The second-order valence-electron chi connectivity index (χ2n) is 7.32. The van der Waals surface area contributed by atoms with E-state index in [0.29, 0.717) is 5.54 Å². The molecule has 0 heterocycles. The minimum Gasteiger partial charge on any atom is -0.412 e. The van der Waals surface area contributed by atoms with Crippen molar-refractivity contribution < 1.29 is 10.1 Å². The molecule has 94 valence electrons. The lowest BCUT2D eigenvalue weighted by Gasteiger charge is -2.57. The largest absolute Gasteiger partial charge is 0.412 e. The summed E-state index contributed by atoms with van der Waals surface area (Å²) >= 11 is 0. The lowest BCUT2D eigenvalue weighted by atomic mass is 9.53. The van der Waals surface area contributed by atoms with Gasteiger partial charge in [0.25, 0.3) is 0 Å². The topological polar surface area (TPSA) is 43.5 Å². The zero-order chi connectivity index (χ0) is 10.7. The smallest absolute Gasteiger partial charge is 0.0853 e. The molecule has 4 aliphatic carbocycles. The number of rotatable bonds is 2. The third-order valence-electron chi connectivity index (χ3n) is 4.61. The van der Waals surface area contributed by atoms with Crippen molar-refractivity contribution in [2.75, 3.05) is 21.1 Å². The molecular weight excluding hydrogens is 200 g/mol. The Bertz CT molecular complexity index is 234. The van der Waals surface area contributed by atoms with Gasteiger partial charge < -0.3 is 5.48 Å². The summed E-state index contributed by atoms with van der Waals surface area (Å²) in [6.45, 7) is 0. The first-order valence-corrected chi connectivity index (χ1v) is 6.55.